The molecule has 0 bridgehead atoms. The fourth-order valence-electron chi connectivity index (χ4n) is 2.31. The molecule has 0 saturated carbocycles. The van der Waals surface area contributed by atoms with E-state index in [4.69, 9.17) is 4.74 Å². The van der Waals surface area contributed by atoms with E-state index < -0.39 is 0 Å². The summed E-state index contributed by atoms with van der Waals surface area (Å²) in [5.74, 6) is -0.00140. The first kappa shape index (κ1) is 18.5. The van der Waals surface area contributed by atoms with Gasteiger partial charge in [-0.2, -0.15) is 0 Å². The van der Waals surface area contributed by atoms with Gasteiger partial charge in [0.15, 0.2) is 0 Å². The lowest BCUT2D eigenvalue weighted by molar-refractivity contribution is -0.149. The molecule has 0 aromatic rings. The van der Waals surface area contributed by atoms with E-state index in [9.17, 15) is 4.79 Å². The van der Waals surface area contributed by atoms with E-state index >= 15 is 0 Å². The number of ether oxygens (including phenoxy) is 1. The third-order valence-electron chi connectivity index (χ3n) is 3.51. The van der Waals surface area contributed by atoms with Gasteiger partial charge in [0.1, 0.15) is 6.10 Å². The van der Waals surface area contributed by atoms with Gasteiger partial charge in [0, 0.05) is 6.42 Å². The molecule has 0 heterocycles. The quantitative estimate of drug-likeness (QED) is 0.320. The van der Waals surface area contributed by atoms with Gasteiger partial charge in [-0.3, -0.25) is 4.79 Å². The molecule has 0 amide bonds. The number of rotatable bonds is 13. The van der Waals surface area contributed by atoms with Gasteiger partial charge in [0.25, 0.3) is 0 Å². The second-order valence-electron chi connectivity index (χ2n) is 5.56. The topological polar surface area (TPSA) is 26.3 Å². The van der Waals surface area contributed by atoms with Crippen molar-refractivity contribution in [1.29, 1.82) is 0 Å². The maximum atomic E-state index is 11.6. The SMILES string of the molecule is CCCCCCC(CCCCCC)OC(=O)CCC. The minimum atomic E-state index is -0.00140. The van der Waals surface area contributed by atoms with Crippen LogP contribution in [0, 0.1) is 0 Å². The first-order valence-electron chi connectivity index (χ1n) is 8.44. The van der Waals surface area contributed by atoms with E-state index in [2.05, 4.69) is 13.8 Å². The molecule has 0 unspecified atom stereocenters. The van der Waals surface area contributed by atoms with Gasteiger partial charge >= 0.3 is 5.97 Å². The smallest absolute Gasteiger partial charge is 0.306 e. The van der Waals surface area contributed by atoms with E-state index in [1.54, 1.807) is 0 Å². The second-order valence-corrected chi connectivity index (χ2v) is 5.56. The molecule has 0 rings (SSSR count). The monoisotopic (exact) mass is 270 g/mol. The fourth-order valence-corrected chi connectivity index (χ4v) is 2.31. The molecule has 0 aromatic heterocycles. The van der Waals surface area contributed by atoms with Crippen LogP contribution < -0.4 is 0 Å². The van der Waals surface area contributed by atoms with Crippen LogP contribution in [0.1, 0.15) is 97.8 Å². The lowest BCUT2D eigenvalue weighted by Gasteiger charge is -2.18. The molecule has 0 atom stereocenters. The second kappa shape index (κ2) is 13.9. The van der Waals surface area contributed by atoms with E-state index in [1.165, 1.54) is 51.4 Å². The summed E-state index contributed by atoms with van der Waals surface area (Å²) in [6.07, 6.45) is 13.8. The Kier molecular flexibility index (Phi) is 13.5. The summed E-state index contributed by atoms with van der Waals surface area (Å²) in [7, 11) is 0. The lowest BCUT2D eigenvalue weighted by Crippen LogP contribution is -2.18. The Bertz CT molecular complexity index is 189. The molecule has 2 heteroatoms. The number of hydrogen-bond acceptors (Lipinski definition) is 2. The van der Waals surface area contributed by atoms with Gasteiger partial charge in [-0.1, -0.05) is 59.3 Å². The molecule has 0 spiro atoms. The Morgan fingerprint density at radius 1 is 0.789 bits per heavy atom. The van der Waals surface area contributed by atoms with Crippen LogP contribution in [-0.4, -0.2) is 12.1 Å². The van der Waals surface area contributed by atoms with Crippen molar-refractivity contribution in [3.05, 3.63) is 0 Å². The molecular weight excluding hydrogens is 236 g/mol. The molecule has 2 nitrogen and oxygen atoms in total. The number of unbranched alkanes of at least 4 members (excludes halogenated alkanes) is 6. The summed E-state index contributed by atoms with van der Waals surface area (Å²) in [6.45, 7) is 6.48. The minimum absolute atomic E-state index is 0.00140. The van der Waals surface area contributed by atoms with E-state index in [1.807, 2.05) is 6.92 Å². The zero-order valence-corrected chi connectivity index (χ0v) is 13.4. The van der Waals surface area contributed by atoms with Crippen molar-refractivity contribution < 1.29 is 9.53 Å². The summed E-state index contributed by atoms with van der Waals surface area (Å²) in [4.78, 5) is 11.6. The highest BCUT2D eigenvalue weighted by Gasteiger charge is 2.13. The zero-order valence-electron chi connectivity index (χ0n) is 13.4. The lowest BCUT2D eigenvalue weighted by atomic mass is 10.0. The molecule has 0 aliphatic heterocycles. The average Bonchev–Trinajstić information content (AvgIpc) is 2.39. The van der Waals surface area contributed by atoms with Crippen LogP contribution in [0.3, 0.4) is 0 Å². The molecule has 0 aromatic carbocycles. The Morgan fingerprint density at radius 2 is 1.32 bits per heavy atom. The van der Waals surface area contributed by atoms with Gasteiger partial charge in [-0.25, -0.2) is 0 Å². The van der Waals surface area contributed by atoms with Gasteiger partial charge < -0.3 is 4.74 Å². The number of carbonyl (C=O) groups is 1. The third-order valence-corrected chi connectivity index (χ3v) is 3.51. The van der Waals surface area contributed by atoms with Crippen LogP contribution >= 0.6 is 0 Å². The highest BCUT2D eigenvalue weighted by atomic mass is 16.5. The summed E-state index contributed by atoms with van der Waals surface area (Å²) < 4.78 is 5.61. The van der Waals surface area contributed by atoms with Crippen molar-refractivity contribution >= 4 is 5.97 Å². The molecule has 19 heavy (non-hydrogen) atoms. The summed E-state index contributed by atoms with van der Waals surface area (Å²) in [5.41, 5.74) is 0. The molecule has 0 aliphatic carbocycles. The Balaban J connectivity index is 3.88. The van der Waals surface area contributed by atoms with Gasteiger partial charge in [0.05, 0.1) is 0 Å². The number of hydrogen-bond donors (Lipinski definition) is 0. The largest absolute Gasteiger partial charge is 0.462 e. The molecule has 0 aliphatic rings. The Labute approximate surface area is 120 Å². The van der Waals surface area contributed by atoms with Crippen molar-refractivity contribution in [2.45, 2.75) is 104 Å². The molecule has 114 valence electrons. The first-order chi connectivity index (χ1) is 9.24. The van der Waals surface area contributed by atoms with Crippen LogP contribution in [-0.2, 0) is 9.53 Å². The summed E-state index contributed by atoms with van der Waals surface area (Å²) in [5, 5.41) is 0. The molecule has 0 N–H and O–H groups in total. The van der Waals surface area contributed by atoms with E-state index in [0.717, 1.165) is 19.3 Å². The third kappa shape index (κ3) is 12.3. The Hall–Kier alpha value is -0.530. The van der Waals surface area contributed by atoms with Crippen LogP contribution in [0.2, 0.25) is 0 Å². The normalized spacial score (nSPS) is 10.9. The van der Waals surface area contributed by atoms with Gasteiger partial charge in [-0.05, 0) is 32.1 Å². The average molecular weight is 270 g/mol. The van der Waals surface area contributed by atoms with Crippen molar-refractivity contribution in [3.8, 4) is 0 Å². The molecular formula is C17H34O2. The summed E-state index contributed by atoms with van der Waals surface area (Å²) in [6, 6.07) is 0. The van der Waals surface area contributed by atoms with Crippen LogP contribution in [0.15, 0.2) is 0 Å². The van der Waals surface area contributed by atoms with Crippen molar-refractivity contribution in [1.82, 2.24) is 0 Å². The molecule has 0 radical (unpaired) electrons. The first-order valence-corrected chi connectivity index (χ1v) is 8.44. The van der Waals surface area contributed by atoms with Gasteiger partial charge in [0.2, 0.25) is 0 Å². The van der Waals surface area contributed by atoms with E-state index in [0.29, 0.717) is 6.42 Å². The number of esters is 1. The molecule has 0 fully saturated rings. The van der Waals surface area contributed by atoms with Crippen LogP contribution in [0.4, 0.5) is 0 Å². The zero-order chi connectivity index (χ0) is 14.3. The summed E-state index contributed by atoms with van der Waals surface area (Å²) >= 11 is 0. The van der Waals surface area contributed by atoms with Crippen molar-refractivity contribution in [3.63, 3.8) is 0 Å². The van der Waals surface area contributed by atoms with Gasteiger partial charge in [-0.15, -0.1) is 0 Å². The van der Waals surface area contributed by atoms with Crippen molar-refractivity contribution in [2.24, 2.45) is 0 Å². The van der Waals surface area contributed by atoms with E-state index in [-0.39, 0.29) is 12.1 Å². The minimum Gasteiger partial charge on any atom is -0.462 e. The van der Waals surface area contributed by atoms with Crippen LogP contribution in [0.25, 0.3) is 0 Å². The van der Waals surface area contributed by atoms with Crippen molar-refractivity contribution in [2.75, 3.05) is 0 Å². The fraction of sp³-hybridized carbons (Fsp3) is 0.941. The predicted molar refractivity (Wildman–Crippen MR) is 82.3 cm³/mol. The highest BCUT2D eigenvalue weighted by Crippen LogP contribution is 2.16. The molecule has 0 saturated heterocycles. The van der Waals surface area contributed by atoms with Crippen LogP contribution in [0.5, 0.6) is 0 Å². The Morgan fingerprint density at radius 3 is 1.74 bits per heavy atom. The predicted octanol–water partition coefficient (Wildman–Crippen LogP) is 5.64. The standard InChI is InChI=1S/C17H34O2/c1-4-7-9-11-14-16(15-12-10-8-5-2)19-17(18)13-6-3/h16H,4-15H2,1-3H3. The maximum absolute atomic E-state index is 11.6. The maximum Gasteiger partial charge on any atom is 0.306 e. The number of carbonyl (C=O) groups excluding carboxylic acids is 1. The highest BCUT2D eigenvalue weighted by molar-refractivity contribution is 5.69.